The number of carbonyl (C=O) groups excluding carboxylic acids is 1. The maximum absolute atomic E-state index is 12.5. The monoisotopic (exact) mass is 260 g/mol. The van der Waals surface area contributed by atoms with E-state index in [0.717, 1.165) is 32.6 Å². The minimum atomic E-state index is -0.336. The molecule has 0 bridgehead atoms. The maximum Gasteiger partial charge on any atom is 0.152 e. The Hall–Kier alpha value is -1.19. The van der Waals surface area contributed by atoms with Gasteiger partial charge >= 0.3 is 0 Å². The molecule has 0 unspecified atom stereocenters. The summed E-state index contributed by atoms with van der Waals surface area (Å²) in [6.07, 6.45) is 1.47. The molecule has 0 atom stereocenters. The first-order valence-electron chi connectivity index (χ1n) is 7.14. The molecule has 19 heavy (non-hydrogen) atoms. The van der Waals surface area contributed by atoms with Crippen LogP contribution < -0.4 is 5.32 Å². The van der Waals surface area contributed by atoms with E-state index in [0.29, 0.717) is 12.2 Å². The molecular weight excluding hydrogens is 236 g/mol. The number of rotatable bonds is 5. The van der Waals surface area contributed by atoms with Gasteiger partial charge in [-0.1, -0.05) is 30.3 Å². The fraction of sp³-hybridized carbons (Fsp3) is 0.562. The molecule has 1 fully saturated rings. The highest BCUT2D eigenvalue weighted by Crippen LogP contribution is 2.19. The summed E-state index contributed by atoms with van der Waals surface area (Å²) in [6, 6.07) is 10.2. The molecule has 0 amide bonds. The molecule has 1 heterocycles. The Balaban J connectivity index is 1.90. The molecule has 0 radical (unpaired) electrons. The van der Waals surface area contributed by atoms with Crippen LogP contribution in [0.1, 0.15) is 25.8 Å². The van der Waals surface area contributed by atoms with Gasteiger partial charge in [-0.2, -0.15) is 0 Å². The van der Waals surface area contributed by atoms with Gasteiger partial charge in [-0.05, 0) is 25.8 Å². The Bertz CT molecular complexity index is 408. The molecule has 2 rings (SSSR count). The van der Waals surface area contributed by atoms with Crippen LogP contribution in [-0.4, -0.2) is 42.4 Å². The number of hydrogen-bond acceptors (Lipinski definition) is 3. The van der Waals surface area contributed by atoms with Crippen LogP contribution >= 0.6 is 0 Å². The number of benzene rings is 1. The van der Waals surface area contributed by atoms with Crippen LogP contribution in [0.2, 0.25) is 0 Å². The maximum atomic E-state index is 12.5. The zero-order valence-corrected chi connectivity index (χ0v) is 12.0. The predicted molar refractivity (Wildman–Crippen MR) is 78.3 cm³/mol. The average Bonchev–Trinajstić information content (AvgIpc) is 2.46. The Morgan fingerprint density at radius 3 is 2.47 bits per heavy atom. The number of Topliss-reactive ketones (excluding diaryl/α,β-unsaturated/α-hetero) is 1. The van der Waals surface area contributed by atoms with Crippen LogP contribution in [0.3, 0.4) is 0 Å². The van der Waals surface area contributed by atoms with Crippen molar-refractivity contribution >= 4 is 5.78 Å². The number of piperazine rings is 1. The van der Waals surface area contributed by atoms with Gasteiger partial charge in [-0.25, -0.2) is 0 Å². The molecule has 1 aromatic rings. The summed E-state index contributed by atoms with van der Waals surface area (Å²) in [4.78, 5) is 14.8. The van der Waals surface area contributed by atoms with Crippen LogP contribution in [0.15, 0.2) is 30.3 Å². The standard InChI is InChI=1S/C16H24N2O/c1-16(2,18-12-10-17-11-13-18)15(19)9-8-14-6-4-3-5-7-14/h3-7,17H,8-13H2,1-2H3. The van der Waals surface area contributed by atoms with Gasteiger partial charge in [-0.15, -0.1) is 0 Å². The van der Waals surface area contributed by atoms with Crippen LogP contribution in [0.5, 0.6) is 0 Å². The highest BCUT2D eigenvalue weighted by Gasteiger charge is 2.34. The molecule has 3 heteroatoms. The zero-order valence-electron chi connectivity index (χ0n) is 12.0. The van der Waals surface area contributed by atoms with Gasteiger partial charge in [0.05, 0.1) is 5.54 Å². The minimum Gasteiger partial charge on any atom is -0.314 e. The van der Waals surface area contributed by atoms with Gasteiger partial charge in [0, 0.05) is 32.6 Å². The molecule has 3 nitrogen and oxygen atoms in total. The van der Waals surface area contributed by atoms with E-state index in [1.165, 1.54) is 5.56 Å². The fourth-order valence-corrected chi connectivity index (χ4v) is 2.61. The molecule has 0 aliphatic carbocycles. The number of aryl methyl sites for hydroxylation is 1. The van der Waals surface area contributed by atoms with Crippen molar-refractivity contribution < 1.29 is 4.79 Å². The van der Waals surface area contributed by atoms with Crippen molar-refractivity contribution in [2.24, 2.45) is 0 Å². The third-order valence-electron chi connectivity index (χ3n) is 4.07. The lowest BCUT2D eigenvalue weighted by Crippen LogP contribution is -2.57. The summed E-state index contributed by atoms with van der Waals surface area (Å²) in [5, 5.41) is 3.33. The first-order valence-corrected chi connectivity index (χ1v) is 7.14. The third-order valence-corrected chi connectivity index (χ3v) is 4.07. The third kappa shape index (κ3) is 3.64. The normalized spacial score (nSPS) is 17.4. The Morgan fingerprint density at radius 2 is 1.84 bits per heavy atom. The molecule has 104 valence electrons. The first kappa shape index (κ1) is 14.2. The van der Waals surface area contributed by atoms with Gasteiger partial charge in [-0.3, -0.25) is 9.69 Å². The number of ketones is 1. The summed E-state index contributed by atoms with van der Waals surface area (Å²) in [7, 11) is 0. The van der Waals surface area contributed by atoms with Crippen molar-refractivity contribution in [1.29, 1.82) is 0 Å². The zero-order chi connectivity index (χ0) is 13.7. The molecule has 0 aromatic heterocycles. The van der Waals surface area contributed by atoms with Crippen LogP contribution in [0, 0.1) is 0 Å². The summed E-state index contributed by atoms with van der Waals surface area (Å²) >= 11 is 0. The Morgan fingerprint density at radius 1 is 1.21 bits per heavy atom. The van der Waals surface area contributed by atoms with Crippen LogP contribution in [-0.2, 0) is 11.2 Å². The molecule has 0 spiro atoms. The summed E-state index contributed by atoms with van der Waals surface area (Å²) in [5.41, 5.74) is 0.906. The van der Waals surface area contributed by atoms with Gasteiger partial charge in [0.1, 0.15) is 0 Å². The smallest absolute Gasteiger partial charge is 0.152 e. The summed E-state index contributed by atoms with van der Waals surface area (Å²) < 4.78 is 0. The molecule has 1 aliphatic rings. The predicted octanol–water partition coefficient (Wildman–Crippen LogP) is 1.87. The minimum absolute atomic E-state index is 0.336. The van der Waals surface area contributed by atoms with Crippen molar-refractivity contribution in [1.82, 2.24) is 10.2 Å². The van der Waals surface area contributed by atoms with Gasteiger partial charge < -0.3 is 5.32 Å². The molecule has 1 aliphatic heterocycles. The van der Waals surface area contributed by atoms with Crippen molar-refractivity contribution in [3.63, 3.8) is 0 Å². The quantitative estimate of drug-likeness (QED) is 0.877. The van der Waals surface area contributed by atoms with E-state index in [9.17, 15) is 4.79 Å². The second kappa shape index (κ2) is 6.31. The fourth-order valence-electron chi connectivity index (χ4n) is 2.61. The van der Waals surface area contributed by atoms with Crippen LogP contribution in [0.25, 0.3) is 0 Å². The molecular formula is C16H24N2O. The molecule has 1 saturated heterocycles. The Labute approximate surface area is 116 Å². The van der Waals surface area contributed by atoms with Gasteiger partial charge in [0.25, 0.3) is 0 Å². The van der Waals surface area contributed by atoms with E-state index in [1.54, 1.807) is 0 Å². The largest absolute Gasteiger partial charge is 0.314 e. The highest BCUT2D eigenvalue weighted by atomic mass is 16.1. The van der Waals surface area contributed by atoms with E-state index in [1.807, 2.05) is 18.2 Å². The van der Waals surface area contributed by atoms with E-state index in [-0.39, 0.29) is 5.54 Å². The number of nitrogens with zero attached hydrogens (tertiary/aromatic N) is 1. The van der Waals surface area contributed by atoms with E-state index < -0.39 is 0 Å². The van der Waals surface area contributed by atoms with Crippen molar-refractivity contribution in [3.05, 3.63) is 35.9 Å². The second-order valence-corrected chi connectivity index (χ2v) is 5.70. The van der Waals surface area contributed by atoms with Gasteiger partial charge in [0.15, 0.2) is 5.78 Å². The Kier molecular flexibility index (Phi) is 4.72. The topological polar surface area (TPSA) is 32.3 Å². The lowest BCUT2D eigenvalue weighted by Gasteiger charge is -2.40. The number of nitrogens with one attached hydrogen (secondary N) is 1. The molecule has 0 saturated carbocycles. The first-order chi connectivity index (χ1) is 9.10. The second-order valence-electron chi connectivity index (χ2n) is 5.70. The average molecular weight is 260 g/mol. The van der Waals surface area contributed by atoms with Crippen molar-refractivity contribution in [2.75, 3.05) is 26.2 Å². The highest BCUT2D eigenvalue weighted by molar-refractivity contribution is 5.87. The number of hydrogen-bond donors (Lipinski definition) is 1. The summed E-state index contributed by atoms with van der Waals surface area (Å²) in [6.45, 7) is 8.01. The van der Waals surface area contributed by atoms with E-state index >= 15 is 0 Å². The van der Waals surface area contributed by atoms with E-state index in [2.05, 4.69) is 36.2 Å². The lowest BCUT2D eigenvalue weighted by atomic mass is 9.91. The van der Waals surface area contributed by atoms with Gasteiger partial charge in [0.2, 0.25) is 0 Å². The SMILES string of the molecule is CC(C)(C(=O)CCc1ccccc1)N1CCNCC1. The summed E-state index contributed by atoms with van der Waals surface area (Å²) in [5.74, 6) is 0.346. The molecule has 1 N–H and O–H groups in total. The number of carbonyl (C=O) groups is 1. The molecule has 1 aromatic carbocycles. The lowest BCUT2D eigenvalue weighted by molar-refractivity contribution is -0.129. The van der Waals surface area contributed by atoms with Crippen LogP contribution in [0.4, 0.5) is 0 Å². The van der Waals surface area contributed by atoms with Crippen molar-refractivity contribution in [3.8, 4) is 0 Å². The van der Waals surface area contributed by atoms with Crippen molar-refractivity contribution in [2.45, 2.75) is 32.2 Å². The van der Waals surface area contributed by atoms with E-state index in [4.69, 9.17) is 0 Å².